The van der Waals surface area contributed by atoms with Gasteiger partial charge >= 0.3 is 0 Å². The minimum Gasteiger partial charge on any atom is -0.487 e. The van der Waals surface area contributed by atoms with Crippen LogP contribution in [-0.4, -0.2) is 25.8 Å². The van der Waals surface area contributed by atoms with Gasteiger partial charge in [-0.2, -0.15) is 0 Å². The Morgan fingerprint density at radius 1 is 1.00 bits per heavy atom. The number of benzene rings is 2. The number of sulfonamides is 1. The van der Waals surface area contributed by atoms with Gasteiger partial charge < -0.3 is 4.74 Å². The topological polar surface area (TPSA) is 92.8 Å². The van der Waals surface area contributed by atoms with Crippen molar-refractivity contribution < 1.29 is 22.7 Å². The van der Waals surface area contributed by atoms with E-state index in [9.17, 15) is 18.0 Å². The molecule has 1 unspecified atom stereocenters. The molecule has 0 radical (unpaired) electrons. The zero-order valence-electron chi connectivity index (χ0n) is 16.2. The molecule has 0 spiro atoms. The lowest BCUT2D eigenvalue weighted by atomic mass is 9.90. The number of carbonyl (C=O) groups is 2. The molecule has 1 atom stereocenters. The zero-order valence-corrected chi connectivity index (χ0v) is 17.0. The molecule has 0 aliphatic carbocycles. The smallest absolute Gasteiger partial charge is 0.241 e. The summed E-state index contributed by atoms with van der Waals surface area (Å²) in [6.07, 6.45) is 0.844. The highest BCUT2D eigenvalue weighted by Gasteiger charge is 2.36. The quantitative estimate of drug-likeness (QED) is 0.777. The Kier molecular flexibility index (Phi) is 4.71. The molecule has 2 aromatic rings. The van der Waals surface area contributed by atoms with Crippen molar-refractivity contribution in [2.45, 2.75) is 49.6 Å². The van der Waals surface area contributed by atoms with E-state index in [1.54, 1.807) is 0 Å². The molecule has 1 fully saturated rings. The molecule has 7 nitrogen and oxygen atoms in total. The van der Waals surface area contributed by atoms with Crippen LogP contribution in [0.1, 0.15) is 44.7 Å². The van der Waals surface area contributed by atoms with Gasteiger partial charge in [0.05, 0.1) is 16.6 Å². The lowest BCUT2D eigenvalue weighted by Crippen LogP contribution is -2.41. The number of hydrogen-bond acceptors (Lipinski definition) is 5. The van der Waals surface area contributed by atoms with Crippen molar-refractivity contribution in [1.82, 2.24) is 4.72 Å². The van der Waals surface area contributed by atoms with Crippen molar-refractivity contribution in [2.24, 2.45) is 0 Å². The number of carbonyl (C=O) groups excluding carboxylic acids is 2. The predicted octanol–water partition coefficient (Wildman–Crippen LogP) is 2.92. The molecule has 29 heavy (non-hydrogen) atoms. The van der Waals surface area contributed by atoms with Crippen LogP contribution < -0.4 is 14.4 Å². The predicted molar refractivity (Wildman–Crippen MR) is 107 cm³/mol. The number of imide groups is 1. The minimum absolute atomic E-state index is 0.0714. The van der Waals surface area contributed by atoms with E-state index in [0.29, 0.717) is 17.9 Å². The first kappa shape index (κ1) is 19.6. The highest BCUT2D eigenvalue weighted by molar-refractivity contribution is 7.89. The molecule has 4 rings (SSSR count). The van der Waals surface area contributed by atoms with Crippen LogP contribution in [0.2, 0.25) is 0 Å². The van der Waals surface area contributed by atoms with Gasteiger partial charge in [0.2, 0.25) is 21.8 Å². The van der Waals surface area contributed by atoms with Gasteiger partial charge in [0.25, 0.3) is 0 Å². The molecule has 1 saturated heterocycles. The van der Waals surface area contributed by atoms with Gasteiger partial charge in [0.15, 0.2) is 0 Å². The van der Waals surface area contributed by atoms with Crippen LogP contribution in [0.4, 0.5) is 5.69 Å². The standard InChI is InChI=1S/C21H22N2O5S/c1-21(2)13-17(16-5-3-4-6-18(16)28-21)22-29(26,27)15-9-7-14(8-10-15)23-19(24)11-12-20(23)25/h3-10,17,22H,11-13H2,1-2H3. The van der Waals surface area contributed by atoms with E-state index in [-0.39, 0.29) is 29.6 Å². The summed E-state index contributed by atoms with van der Waals surface area (Å²) in [6.45, 7) is 3.84. The van der Waals surface area contributed by atoms with E-state index in [2.05, 4.69) is 4.72 Å². The third kappa shape index (κ3) is 3.77. The van der Waals surface area contributed by atoms with Crippen LogP contribution in [0.25, 0.3) is 0 Å². The third-order valence-electron chi connectivity index (χ3n) is 5.13. The maximum absolute atomic E-state index is 13.0. The van der Waals surface area contributed by atoms with Gasteiger partial charge in [-0.3, -0.25) is 14.5 Å². The number of ether oxygens (including phenoxy) is 1. The Balaban J connectivity index is 1.59. The fourth-order valence-corrected chi connectivity index (χ4v) is 5.02. The summed E-state index contributed by atoms with van der Waals surface area (Å²) in [6, 6.07) is 12.7. The molecule has 2 aliphatic rings. The highest BCUT2D eigenvalue weighted by Crippen LogP contribution is 2.40. The lowest BCUT2D eigenvalue weighted by Gasteiger charge is -2.37. The molecule has 8 heteroatoms. The van der Waals surface area contributed by atoms with Crippen molar-refractivity contribution in [3.8, 4) is 5.75 Å². The third-order valence-corrected chi connectivity index (χ3v) is 6.62. The Morgan fingerprint density at radius 3 is 2.28 bits per heavy atom. The molecule has 2 amide bonds. The van der Waals surface area contributed by atoms with Gasteiger partial charge in [-0.1, -0.05) is 18.2 Å². The van der Waals surface area contributed by atoms with Gasteiger partial charge in [0, 0.05) is 24.8 Å². The molecule has 0 aromatic heterocycles. The summed E-state index contributed by atoms with van der Waals surface area (Å²) in [7, 11) is -3.81. The fourth-order valence-electron chi connectivity index (χ4n) is 3.80. The Morgan fingerprint density at radius 2 is 1.62 bits per heavy atom. The molecular weight excluding hydrogens is 392 g/mol. The summed E-state index contributed by atoms with van der Waals surface area (Å²) in [4.78, 5) is 24.9. The number of rotatable bonds is 4. The first-order chi connectivity index (χ1) is 13.7. The first-order valence-corrected chi connectivity index (χ1v) is 10.9. The second kappa shape index (κ2) is 6.96. The van der Waals surface area contributed by atoms with Crippen molar-refractivity contribution in [3.05, 3.63) is 54.1 Å². The van der Waals surface area contributed by atoms with Crippen LogP contribution in [-0.2, 0) is 19.6 Å². The van der Waals surface area contributed by atoms with E-state index < -0.39 is 21.7 Å². The van der Waals surface area contributed by atoms with Crippen LogP contribution in [0, 0.1) is 0 Å². The second-order valence-corrected chi connectivity index (χ2v) is 9.61. The second-order valence-electron chi connectivity index (χ2n) is 7.89. The maximum Gasteiger partial charge on any atom is 0.241 e. The maximum atomic E-state index is 13.0. The minimum atomic E-state index is -3.81. The summed E-state index contributed by atoms with van der Waals surface area (Å²) < 4.78 is 34.7. The molecule has 0 bridgehead atoms. The van der Waals surface area contributed by atoms with E-state index >= 15 is 0 Å². The molecular formula is C21H22N2O5S. The average Bonchev–Trinajstić information content (AvgIpc) is 2.99. The highest BCUT2D eigenvalue weighted by atomic mass is 32.2. The number of para-hydroxylation sites is 1. The molecule has 2 heterocycles. The normalized spacial score (nSPS) is 21.0. The number of nitrogens with one attached hydrogen (secondary N) is 1. The van der Waals surface area contributed by atoms with Crippen molar-refractivity contribution in [2.75, 3.05) is 4.90 Å². The Hall–Kier alpha value is -2.71. The number of fused-ring (bicyclic) bond motifs is 1. The molecule has 2 aliphatic heterocycles. The number of hydrogen-bond donors (Lipinski definition) is 1. The van der Waals surface area contributed by atoms with Crippen LogP contribution in [0.15, 0.2) is 53.4 Å². The van der Waals surface area contributed by atoms with Gasteiger partial charge in [-0.15, -0.1) is 0 Å². The number of nitrogens with zero attached hydrogens (tertiary/aromatic N) is 1. The van der Waals surface area contributed by atoms with E-state index in [4.69, 9.17) is 4.74 Å². The van der Waals surface area contributed by atoms with Crippen molar-refractivity contribution in [1.29, 1.82) is 0 Å². The van der Waals surface area contributed by atoms with E-state index in [0.717, 1.165) is 10.5 Å². The van der Waals surface area contributed by atoms with Crippen molar-refractivity contribution >= 4 is 27.5 Å². The van der Waals surface area contributed by atoms with Crippen LogP contribution in [0.5, 0.6) is 5.75 Å². The van der Waals surface area contributed by atoms with Gasteiger partial charge in [-0.05, 0) is 44.2 Å². The lowest BCUT2D eigenvalue weighted by molar-refractivity contribution is -0.121. The molecule has 152 valence electrons. The van der Waals surface area contributed by atoms with Crippen LogP contribution >= 0.6 is 0 Å². The number of amides is 2. The van der Waals surface area contributed by atoms with E-state index in [1.807, 2.05) is 38.1 Å². The molecule has 0 saturated carbocycles. The summed E-state index contributed by atoms with van der Waals surface area (Å²) in [5.74, 6) is 0.118. The zero-order chi connectivity index (χ0) is 20.8. The Labute approximate surface area is 169 Å². The Bertz CT molecular complexity index is 1060. The summed E-state index contributed by atoms with van der Waals surface area (Å²) in [5, 5.41) is 0. The monoisotopic (exact) mass is 414 g/mol. The van der Waals surface area contributed by atoms with Gasteiger partial charge in [-0.25, -0.2) is 13.1 Å². The van der Waals surface area contributed by atoms with E-state index in [1.165, 1.54) is 24.3 Å². The first-order valence-electron chi connectivity index (χ1n) is 9.42. The van der Waals surface area contributed by atoms with Gasteiger partial charge in [0.1, 0.15) is 11.4 Å². The SMILES string of the molecule is CC1(C)CC(NS(=O)(=O)c2ccc(N3C(=O)CCC3=O)cc2)c2ccccc2O1. The molecule has 2 aromatic carbocycles. The fraction of sp³-hybridized carbons (Fsp3) is 0.333. The summed E-state index contributed by atoms with van der Waals surface area (Å²) >= 11 is 0. The van der Waals surface area contributed by atoms with Crippen molar-refractivity contribution in [3.63, 3.8) is 0 Å². The number of anilines is 1. The largest absolute Gasteiger partial charge is 0.487 e. The summed E-state index contributed by atoms with van der Waals surface area (Å²) in [5.41, 5.74) is 0.663. The van der Waals surface area contributed by atoms with Crippen LogP contribution in [0.3, 0.4) is 0 Å². The average molecular weight is 414 g/mol. The molecule has 1 N–H and O–H groups in total.